The van der Waals surface area contributed by atoms with Gasteiger partial charge in [-0.15, -0.1) is 0 Å². The molecule has 0 aromatic rings. The number of hydrogen-bond donors (Lipinski definition) is 3. The molecular weight excluding hydrogens is 106 g/mol. The van der Waals surface area contributed by atoms with Gasteiger partial charge in [0.15, 0.2) is 0 Å². The van der Waals surface area contributed by atoms with Crippen LogP contribution in [-0.2, 0) is 0 Å². The summed E-state index contributed by atoms with van der Waals surface area (Å²) in [7, 11) is 0. The van der Waals surface area contributed by atoms with Crippen LogP contribution in [0.15, 0.2) is 0 Å². The van der Waals surface area contributed by atoms with Crippen LogP contribution >= 0.6 is 0 Å². The molecule has 3 atom stereocenters. The van der Waals surface area contributed by atoms with Crippen molar-refractivity contribution in [3.8, 4) is 0 Å². The van der Waals surface area contributed by atoms with Crippen molar-refractivity contribution in [1.29, 1.82) is 0 Å². The van der Waals surface area contributed by atoms with E-state index in [9.17, 15) is 0 Å². The molecule has 48 valence electrons. The van der Waals surface area contributed by atoms with Crippen molar-refractivity contribution in [3.05, 3.63) is 0 Å². The lowest BCUT2D eigenvalue weighted by Crippen LogP contribution is -2.28. The molecule has 1 aliphatic rings. The molecule has 0 aliphatic heterocycles. The fourth-order valence-corrected chi connectivity index (χ4v) is 1.02. The standard InChI is InChI=1S/C5H11NO2/c6-4-1-3(7)2-5(4)8/h3-5,7-8H,1-2,6H2/t3?,4?,5-/m1/s1. The zero-order valence-corrected chi connectivity index (χ0v) is 4.62. The number of hydrogen-bond acceptors (Lipinski definition) is 3. The Morgan fingerprint density at radius 1 is 1.25 bits per heavy atom. The van der Waals surface area contributed by atoms with E-state index in [1.165, 1.54) is 0 Å². The molecule has 0 heterocycles. The summed E-state index contributed by atoms with van der Waals surface area (Å²) >= 11 is 0. The number of nitrogens with two attached hydrogens (primary N) is 1. The van der Waals surface area contributed by atoms with Crippen molar-refractivity contribution in [3.63, 3.8) is 0 Å². The minimum Gasteiger partial charge on any atom is -0.393 e. The molecule has 1 rings (SSSR count). The third-order valence-corrected chi connectivity index (χ3v) is 1.55. The first-order valence-electron chi connectivity index (χ1n) is 2.82. The van der Waals surface area contributed by atoms with E-state index in [1.807, 2.05) is 0 Å². The third-order valence-electron chi connectivity index (χ3n) is 1.55. The molecule has 0 saturated heterocycles. The van der Waals surface area contributed by atoms with E-state index in [1.54, 1.807) is 0 Å². The Morgan fingerprint density at radius 3 is 2.00 bits per heavy atom. The second-order valence-electron chi connectivity index (χ2n) is 2.36. The van der Waals surface area contributed by atoms with E-state index in [4.69, 9.17) is 15.9 Å². The maximum absolute atomic E-state index is 8.88. The fraction of sp³-hybridized carbons (Fsp3) is 1.00. The Bertz CT molecular complexity index is 76.5. The van der Waals surface area contributed by atoms with Gasteiger partial charge in [-0.3, -0.25) is 0 Å². The first kappa shape index (κ1) is 6.01. The Morgan fingerprint density at radius 2 is 1.88 bits per heavy atom. The van der Waals surface area contributed by atoms with Crippen LogP contribution in [0, 0.1) is 0 Å². The molecule has 0 aromatic heterocycles. The topological polar surface area (TPSA) is 66.5 Å². The van der Waals surface area contributed by atoms with E-state index in [0.717, 1.165) is 0 Å². The van der Waals surface area contributed by atoms with Gasteiger partial charge in [0.25, 0.3) is 0 Å². The Kier molecular flexibility index (Phi) is 1.51. The monoisotopic (exact) mass is 117 g/mol. The molecule has 8 heavy (non-hydrogen) atoms. The molecule has 2 unspecified atom stereocenters. The lowest BCUT2D eigenvalue weighted by atomic mass is 10.2. The average molecular weight is 117 g/mol. The van der Waals surface area contributed by atoms with Crippen LogP contribution in [0.4, 0.5) is 0 Å². The van der Waals surface area contributed by atoms with Gasteiger partial charge in [-0.2, -0.15) is 0 Å². The van der Waals surface area contributed by atoms with Crippen molar-refractivity contribution in [2.75, 3.05) is 0 Å². The SMILES string of the molecule is NC1CC(O)C[C@H]1O. The van der Waals surface area contributed by atoms with E-state index >= 15 is 0 Å². The summed E-state index contributed by atoms with van der Waals surface area (Å²) in [6.45, 7) is 0. The first-order valence-corrected chi connectivity index (χ1v) is 2.82. The summed E-state index contributed by atoms with van der Waals surface area (Å²) in [5, 5.41) is 17.7. The molecule has 0 bridgehead atoms. The number of rotatable bonds is 0. The molecule has 1 fully saturated rings. The summed E-state index contributed by atoms with van der Waals surface area (Å²) in [4.78, 5) is 0. The second-order valence-corrected chi connectivity index (χ2v) is 2.36. The van der Waals surface area contributed by atoms with Gasteiger partial charge in [0.1, 0.15) is 0 Å². The second kappa shape index (κ2) is 2.01. The Balaban J connectivity index is 2.39. The van der Waals surface area contributed by atoms with Crippen molar-refractivity contribution in [2.45, 2.75) is 31.1 Å². The highest BCUT2D eigenvalue weighted by Crippen LogP contribution is 2.16. The van der Waals surface area contributed by atoms with E-state index in [-0.39, 0.29) is 12.1 Å². The molecule has 1 saturated carbocycles. The van der Waals surface area contributed by atoms with Crippen LogP contribution in [0.3, 0.4) is 0 Å². The van der Waals surface area contributed by atoms with Crippen LogP contribution in [0.1, 0.15) is 12.8 Å². The molecule has 0 spiro atoms. The van der Waals surface area contributed by atoms with Crippen molar-refractivity contribution < 1.29 is 10.2 Å². The van der Waals surface area contributed by atoms with E-state index < -0.39 is 6.10 Å². The lowest BCUT2D eigenvalue weighted by molar-refractivity contribution is 0.133. The number of aliphatic hydroxyl groups excluding tert-OH is 2. The van der Waals surface area contributed by atoms with Crippen LogP contribution in [-0.4, -0.2) is 28.5 Å². The average Bonchev–Trinajstić information content (AvgIpc) is 1.85. The molecule has 3 heteroatoms. The lowest BCUT2D eigenvalue weighted by Gasteiger charge is -2.04. The van der Waals surface area contributed by atoms with E-state index in [0.29, 0.717) is 12.8 Å². The van der Waals surface area contributed by atoms with Gasteiger partial charge in [0.05, 0.1) is 12.2 Å². The molecule has 3 nitrogen and oxygen atoms in total. The highest BCUT2D eigenvalue weighted by molar-refractivity contribution is 4.85. The van der Waals surface area contributed by atoms with Gasteiger partial charge >= 0.3 is 0 Å². The predicted octanol–water partition coefficient (Wildman–Crippen LogP) is -1.17. The molecule has 0 radical (unpaired) electrons. The summed E-state index contributed by atoms with van der Waals surface area (Å²) in [6.07, 6.45) is 0.132. The normalized spacial score (nSPS) is 47.6. The van der Waals surface area contributed by atoms with Crippen LogP contribution in [0.5, 0.6) is 0 Å². The van der Waals surface area contributed by atoms with Crippen LogP contribution < -0.4 is 5.73 Å². The van der Waals surface area contributed by atoms with Gasteiger partial charge in [-0.25, -0.2) is 0 Å². The molecule has 0 amide bonds. The summed E-state index contributed by atoms with van der Waals surface area (Å²) in [5.41, 5.74) is 5.36. The summed E-state index contributed by atoms with van der Waals surface area (Å²) in [6, 6.07) is -0.204. The smallest absolute Gasteiger partial charge is 0.0716 e. The predicted molar refractivity (Wildman–Crippen MR) is 29.2 cm³/mol. The zero-order valence-electron chi connectivity index (χ0n) is 4.62. The van der Waals surface area contributed by atoms with Crippen LogP contribution in [0.2, 0.25) is 0 Å². The highest BCUT2D eigenvalue weighted by atomic mass is 16.3. The zero-order chi connectivity index (χ0) is 6.15. The van der Waals surface area contributed by atoms with Gasteiger partial charge < -0.3 is 15.9 Å². The fourth-order valence-electron chi connectivity index (χ4n) is 1.02. The van der Waals surface area contributed by atoms with Crippen molar-refractivity contribution >= 4 is 0 Å². The first-order chi connectivity index (χ1) is 3.70. The molecule has 1 aliphatic carbocycles. The largest absolute Gasteiger partial charge is 0.393 e. The van der Waals surface area contributed by atoms with Crippen molar-refractivity contribution in [1.82, 2.24) is 0 Å². The maximum Gasteiger partial charge on any atom is 0.0716 e. The summed E-state index contributed by atoms with van der Waals surface area (Å²) in [5.74, 6) is 0. The van der Waals surface area contributed by atoms with E-state index in [2.05, 4.69) is 0 Å². The quantitative estimate of drug-likeness (QED) is 0.374. The van der Waals surface area contributed by atoms with Gasteiger partial charge in [0.2, 0.25) is 0 Å². The highest BCUT2D eigenvalue weighted by Gasteiger charge is 2.28. The van der Waals surface area contributed by atoms with Gasteiger partial charge in [0, 0.05) is 12.5 Å². The van der Waals surface area contributed by atoms with Crippen LogP contribution in [0.25, 0.3) is 0 Å². The molecule has 4 N–H and O–H groups in total. The molecular formula is C5H11NO2. The number of aliphatic hydroxyl groups is 2. The Labute approximate surface area is 48.1 Å². The minimum atomic E-state index is -0.481. The van der Waals surface area contributed by atoms with Gasteiger partial charge in [-0.1, -0.05) is 0 Å². The maximum atomic E-state index is 8.88. The minimum absolute atomic E-state index is 0.204. The Hall–Kier alpha value is -0.120. The third kappa shape index (κ3) is 0.992. The van der Waals surface area contributed by atoms with Crippen molar-refractivity contribution in [2.24, 2.45) is 5.73 Å². The molecule has 0 aromatic carbocycles. The summed E-state index contributed by atoms with van der Waals surface area (Å²) < 4.78 is 0. The van der Waals surface area contributed by atoms with Gasteiger partial charge in [-0.05, 0) is 6.42 Å².